The lowest BCUT2D eigenvalue weighted by atomic mass is 9.95. The molecule has 3 heterocycles. The molecular weight excluding hydrogens is 527 g/mol. The molecule has 0 spiro atoms. The van der Waals surface area contributed by atoms with E-state index < -0.39 is 6.10 Å². The molecule has 3 aromatic heterocycles. The van der Waals surface area contributed by atoms with Crippen LogP contribution >= 0.6 is 22.9 Å². The molecule has 6 rings (SSSR count). The van der Waals surface area contributed by atoms with Gasteiger partial charge in [-0.3, -0.25) is 4.68 Å². The number of hydrogen-bond acceptors (Lipinski definition) is 8. The summed E-state index contributed by atoms with van der Waals surface area (Å²) in [6.07, 6.45) is 4.49. The lowest BCUT2D eigenvalue weighted by molar-refractivity contribution is 0.157. The minimum absolute atomic E-state index is 0.188. The van der Waals surface area contributed by atoms with E-state index >= 15 is 0 Å². The van der Waals surface area contributed by atoms with Crippen molar-refractivity contribution in [1.82, 2.24) is 19.7 Å². The van der Waals surface area contributed by atoms with Gasteiger partial charge in [0.1, 0.15) is 35.1 Å². The van der Waals surface area contributed by atoms with Crippen molar-refractivity contribution >= 4 is 44.7 Å². The van der Waals surface area contributed by atoms with E-state index in [0.29, 0.717) is 23.1 Å². The molecule has 0 unspecified atom stereocenters. The summed E-state index contributed by atoms with van der Waals surface area (Å²) in [7, 11) is 0. The second kappa shape index (κ2) is 10.3. The standard InChI is InChI=1S/C27H24ClFN6O2S/c28-21-9-17(4-7-23(21)37-13-15-2-1-3-16(29)8-15)33-26-24-19-5-6-22-20(12-35(34-22)11-18(36)10-30)25(19)38-27(24)32-14-31-26/h1-4,7-9,12,14,18,36H,5-6,10-11,13,30H2,(H,31,32,33)/t18-/m1/s1. The van der Waals surface area contributed by atoms with Gasteiger partial charge < -0.3 is 20.9 Å². The van der Waals surface area contributed by atoms with E-state index in [1.807, 2.05) is 12.3 Å². The molecule has 11 heteroatoms. The molecule has 0 fully saturated rings. The van der Waals surface area contributed by atoms with Crippen LogP contribution in [0.5, 0.6) is 5.75 Å². The molecule has 1 aliphatic rings. The van der Waals surface area contributed by atoms with Gasteiger partial charge in [0, 0.05) is 28.9 Å². The number of anilines is 2. The summed E-state index contributed by atoms with van der Waals surface area (Å²) in [5.41, 5.74) is 10.3. The van der Waals surface area contributed by atoms with E-state index in [1.54, 1.807) is 46.6 Å². The van der Waals surface area contributed by atoms with E-state index in [9.17, 15) is 9.50 Å². The summed E-state index contributed by atoms with van der Waals surface area (Å²) < 4.78 is 21.0. The fraction of sp³-hybridized carbons (Fsp3) is 0.222. The van der Waals surface area contributed by atoms with Crippen molar-refractivity contribution in [3.05, 3.63) is 82.6 Å². The van der Waals surface area contributed by atoms with Crippen molar-refractivity contribution < 1.29 is 14.2 Å². The summed E-state index contributed by atoms with van der Waals surface area (Å²) in [6, 6.07) is 11.7. The summed E-state index contributed by atoms with van der Waals surface area (Å²) in [4.78, 5) is 11.1. The number of aliphatic hydroxyl groups is 1. The molecule has 0 aliphatic heterocycles. The zero-order chi connectivity index (χ0) is 26.2. The van der Waals surface area contributed by atoms with Crippen molar-refractivity contribution in [1.29, 1.82) is 0 Å². The normalized spacial score (nSPS) is 13.3. The Morgan fingerprint density at radius 1 is 1.21 bits per heavy atom. The van der Waals surface area contributed by atoms with Crippen LogP contribution in [0, 0.1) is 5.82 Å². The number of hydrogen-bond donors (Lipinski definition) is 3. The summed E-state index contributed by atoms with van der Waals surface area (Å²) in [6.45, 7) is 0.758. The molecule has 38 heavy (non-hydrogen) atoms. The first kappa shape index (κ1) is 24.7. The third kappa shape index (κ3) is 4.83. The first-order valence-electron chi connectivity index (χ1n) is 12.1. The van der Waals surface area contributed by atoms with Crippen molar-refractivity contribution in [3.63, 3.8) is 0 Å². The summed E-state index contributed by atoms with van der Waals surface area (Å²) in [5.74, 6) is 0.900. The molecule has 0 saturated carbocycles. The highest BCUT2D eigenvalue weighted by Gasteiger charge is 2.26. The number of nitrogens with zero attached hydrogens (tertiary/aromatic N) is 4. The van der Waals surface area contributed by atoms with Crippen LogP contribution < -0.4 is 15.8 Å². The summed E-state index contributed by atoms with van der Waals surface area (Å²) in [5, 5.41) is 19.4. The maximum Gasteiger partial charge on any atom is 0.142 e. The Morgan fingerprint density at radius 2 is 2.11 bits per heavy atom. The number of fused-ring (bicyclic) bond motifs is 5. The SMILES string of the molecule is NC[C@@H](O)Cn1cc2c(n1)CCc1c-2sc2ncnc(Nc3ccc(OCc4cccc(F)c4)c(Cl)c3)c12. The highest BCUT2D eigenvalue weighted by atomic mass is 35.5. The highest BCUT2D eigenvalue weighted by Crippen LogP contribution is 2.45. The topological polar surface area (TPSA) is 111 Å². The van der Waals surface area contributed by atoms with Crippen molar-refractivity contribution in [2.45, 2.75) is 32.1 Å². The van der Waals surface area contributed by atoms with Gasteiger partial charge in [0.15, 0.2) is 0 Å². The van der Waals surface area contributed by atoms with Gasteiger partial charge in [-0.2, -0.15) is 5.10 Å². The number of rotatable bonds is 8. The molecule has 2 aromatic carbocycles. The van der Waals surface area contributed by atoms with E-state index in [1.165, 1.54) is 17.7 Å². The van der Waals surface area contributed by atoms with E-state index in [2.05, 4.69) is 20.4 Å². The third-order valence-corrected chi connectivity index (χ3v) is 7.90. The van der Waals surface area contributed by atoms with Crippen molar-refractivity contribution in [2.24, 2.45) is 5.73 Å². The lowest BCUT2D eigenvalue weighted by Gasteiger charge is -2.13. The van der Waals surface area contributed by atoms with Gasteiger partial charge in [0.05, 0.1) is 28.8 Å². The number of aryl methyl sites for hydroxylation is 2. The largest absolute Gasteiger partial charge is 0.487 e. The van der Waals surface area contributed by atoms with Crippen LogP contribution in [0.15, 0.2) is 55.0 Å². The zero-order valence-electron chi connectivity index (χ0n) is 20.2. The maximum absolute atomic E-state index is 13.4. The maximum atomic E-state index is 13.4. The number of nitrogens with one attached hydrogen (secondary N) is 1. The number of thiophene rings is 1. The van der Waals surface area contributed by atoms with Gasteiger partial charge in [0.2, 0.25) is 0 Å². The van der Waals surface area contributed by atoms with Gasteiger partial charge >= 0.3 is 0 Å². The molecular formula is C27H24ClFN6O2S. The molecule has 0 bridgehead atoms. The molecule has 0 radical (unpaired) electrons. The summed E-state index contributed by atoms with van der Waals surface area (Å²) >= 11 is 8.12. The van der Waals surface area contributed by atoms with Crippen LogP contribution in [-0.4, -0.2) is 37.5 Å². The smallest absolute Gasteiger partial charge is 0.142 e. The van der Waals surface area contributed by atoms with Gasteiger partial charge in [-0.05, 0) is 54.3 Å². The highest BCUT2D eigenvalue weighted by molar-refractivity contribution is 7.22. The van der Waals surface area contributed by atoms with Crippen molar-refractivity contribution in [3.8, 4) is 16.2 Å². The Hall–Kier alpha value is -3.57. The Kier molecular flexibility index (Phi) is 6.71. The molecule has 0 amide bonds. The number of halogens is 2. The second-order valence-electron chi connectivity index (χ2n) is 9.10. The Bertz CT molecular complexity index is 1640. The molecule has 1 aliphatic carbocycles. The van der Waals surface area contributed by atoms with Crippen LogP contribution in [0.3, 0.4) is 0 Å². The number of aromatic nitrogens is 4. The third-order valence-electron chi connectivity index (χ3n) is 6.43. The second-order valence-corrected chi connectivity index (χ2v) is 10.5. The monoisotopic (exact) mass is 550 g/mol. The van der Waals surface area contributed by atoms with Gasteiger partial charge in [0.25, 0.3) is 0 Å². The molecule has 5 aromatic rings. The molecule has 8 nitrogen and oxygen atoms in total. The van der Waals surface area contributed by atoms with Crippen LogP contribution in [0.1, 0.15) is 16.8 Å². The van der Waals surface area contributed by atoms with E-state index in [4.69, 9.17) is 22.1 Å². The average molecular weight is 551 g/mol. The minimum atomic E-state index is -0.634. The number of aliphatic hydroxyl groups excluding tert-OH is 1. The van der Waals surface area contributed by atoms with Gasteiger partial charge in [-0.25, -0.2) is 14.4 Å². The first-order valence-corrected chi connectivity index (χ1v) is 13.3. The average Bonchev–Trinajstić information content (AvgIpc) is 3.49. The minimum Gasteiger partial charge on any atom is -0.487 e. The fourth-order valence-corrected chi connectivity index (χ4v) is 6.08. The van der Waals surface area contributed by atoms with Crippen LogP contribution in [0.25, 0.3) is 20.7 Å². The van der Waals surface area contributed by atoms with Gasteiger partial charge in [-0.1, -0.05) is 23.7 Å². The predicted octanol–water partition coefficient (Wildman–Crippen LogP) is 5.09. The lowest BCUT2D eigenvalue weighted by Crippen LogP contribution is -2.25. The Labute approximate surface area is 226 Å². The first-order chi connectivity index (χ1) is 18.5. The molecule has 1 atom stereocenters. The van der Waals surface area contributed by atoms with Gasteiger partial charge in [-0.15, -0.1) is 11.3 Å². The Balaban J connectivity index is 1.26. The number of ether oxygens (including phenoxy) is 1. The molecule has 0 saturated heterocycles. The van der Waals surface area contributed by atoms with Crippen molar-refractivity contribution in [2.75, 3.05) is 11.9 Å². The number of nitrogens with two attached hydrogens (primary N) is 1. The van der Waals surface area contributed by atoms with E-state index in [0.717, 1.165) is 50.4 Å². The van der Waals surface area contributed by atoms with Crippen LogP contribution in [-0.2, 0) is 26.0 Å². The predicted molar refractivity (Wildman–Crippen MR) is 147 cm³/mol. The zero-order valence-corrected chi connectivity index (χ0v) is 21.8. The Morgan fingerprint density at radius 3 is 2.92 bits per heavy atom. The van der Waals surface area contributed by atoms with Crippen LogP contribution in [0.4, 0.5) is 15.9 Å². The fourth-order valence-electron chi connectivity index (χ4n) is 4.62. The van der Waals surface area contributed by atoms with E-state index in [-0.39, 0.29) is 19.0 Å². The molecule has 194 valence electrons. The number of benzene rings is 2. The molecule has 4 N–H and O–H groups in total. The quantitative estimate of drug-likeness (QED) is 0.247. The van der Waals surface area contributed by atoms with Crippen LogP contribution in [0.2, 0.25) is 5.02 Å².